The minimum absolute atomic E-state index is 0.00515. The molecule has 5 rings (SSSR count). The number of carbonyl (C=O) groups excluding carboxylic acids is 1. The molecule has 0 aliphatic heterocycles. The Kier molecular flexibility index (Phi) is 6.45. The van der Waals surface area contributed by atoms with Crippen LogP contribution in [0, 0.1) is 11.6 Å². The number of hydrogen-bond donors (Lipinski definition) is 1. The van der Waals surface area contributed by atoms with E-state index in [4.69, 9.17) is 4.74 Å². The van der Waals surface area contributed by atoms with Gasteiger partial charge in [0, 0.05) is 25.1 Å². The summed E-state index contributed by atoms with van der Waals surface area (Å²) < 4.78 is 36.4. The zero-order valence-electron chi connectivity index (χ0n) is 20.1. The van der Waals surface area contributed by atoms with E-state index in [1.165, 1.54) is 42.3 Å². The van der Waals surface area contributed by atoms with Crippen molar-refractivity contribution in [2.75, 3.05) is 7.11 Å². The smallest absolute Gasteiger partial charge is 0.185 e. The minimum Gasteiger partial charge on any atom is -0.496 e. The van der Waals surface area contributed by atoms with Crippen LogP contribution in [0.25, 0.3) is 33.4 Å². The maximum absolute atomic E-state index is 15.2. The van der Waals surface area contributed by atoms with Crippen LogP contribution < -0.4 is 4.74 Å². The molecule has 3 aromatic carbocycles. The summed E-state index contributed by atoms with van der Waals surface area (Å²) in [6, 6.07) is 14.3. The number of nitrogens with zero attached hydrogens (tertiary/aromatic N) is 4. The molecule has 0 bridgehead atoms. The summed E-state index contributed by atoms with van der Waals surface area (Å²) in [7, 11) is 3.05. The first-order chi connectivity index (χ1) is 17.9. The van der Waals surface area contributed by atoms with Crippen molar-refractivity contribution in [2.24, 2.45) is 7.05 Å². The number of halogens is 2. The van der Waals surface area contributed by atoms with Gasteiger partial charge in [-0.15, -0.1) is 0 Å². The molecule has 2 heterocycles. The summed E-state index contributed by atoms with van der Waals surface area (Å²) in [4.78, 5) is 21.8. The van der Waals surface area contributed by atoms with E-state index in [0.29, 0.717) is 33.2 Å². The van der Waals surface area contributed by atoms with E-state index in [2.05, 4.69) is 15.1 Å². The second-order valence-corrected chi connectivity index (χ2v) is 8.46. The molecule has 0 unspecified atom stereocenters. The third-order valence-corrected chi connectivity index (χ3v) is 6.17. The summed E-state index contributed by atoms with van der Waals surface area (Å²) in [6.45, 7) is -0.164. The molecule has 0 saturated heterocycles. The van der Waals surface area contributed by atoms with E-state index in [0.717, 1.165) is 0 Å². The van der Waals surface area contributed by atoms with Gasteiger partial charge in [-0.3, -0.25) is 9.48 Å². The fraction of sp³-hybridized carbons (Fsp3) is 0.143. The largest absolute Gasteiger partial charge is 0.496 e. The van der Waals surface area contributed by atoms with Crippen LogP contribution in [-0.4, -0.2) is 37.7 Å². The average molecular weight is 501 g/mol. The third-order valence-electron chi connectivity index (χ3n) is 6.17. The molecule has 2 aromatic heterocycles. The second-order valence-electron chi connectivity index (χ2n) is 8.46. The number of aliphatic hydroxyl groups excluding tert-OH is 1. The summed E-state index contributed by atoms with van der Waals surface area (Å²) >= 11 is 0. The number of aliphatic hydroxyl groups is 1. The summed E-state index contributed by atoms with van der Waals surface area (Å²) in [6.07, 6.45) is 2.75. The van der Waals surface area contributed by atoms with E-state index in [1.807, 2.05) is 6.07 Å². The van der Waals surface area contributed by atoms with Crippen molar-refractivity contribution in [1.82, 2.24) is 19.7 Å². The molecule has 7 nitrogen and oxygen atoms in total. The molecule has 186 valence electrons. The molecule has 0 saturated carbocycles. The lowest BCUT2D eigenvalue weighted by atomic mass is 9.91. The SMILES string of the molecule is COc1cccc(F)c1-c1nccc(C(=O)Cc2cc(F)c3c(cnn3C)c2-c2cccc(CO)c2)n1. The lowest BCUT2D eigenvalue weighted by Gasteiger charge is -2.14. The Hall–Kier alpha value is -4.50. The highest BCUT2D eigenvalue weighted by Gasteiger charge is 2.22. The van der Waals surface area contributed by atoms with E-state index < -0.39 is 17.4 Å². The maximum atomic E-state index is 15.2. The number of hydrogen-bond acceptors (Lipinski definition) is 6. The van der Waals surface area contributed by atoms with E-state index in [1.54, 1.807) is 37.5 Å². The summed E-state index contributed by atoms with van der Waals surface area (Å²) in [5, 5.41) is 14.4. The van der Waals surface area contributed by atoms with Crippen molar-refractivity contribution in [3.05, 3.63) is 95.4 Å². The third kappa shape index (κ3) is 4.45. The van der Waals surface area contributed by atoms with Crippen molar-refractivity contribution in [1.29, 1.82) is 0 Å². The molecule has 0 aliphatic carbocycles. The van der Waals surface area contributed by atoms with Gasteiger partial charge in [-0.05, 0) is 52.6 Å². The lowest BCUT2D eigenvalue weighted by molar-refractivity contribution is 0.0988. The highest BCUT2D eigenvalue weighted by atomic mass is 19.1. The van der Waals surface area contributed by atoms with Crippen LogP contribution in [0.3, 0.4) is 0 Å². The number of fused-ring (bicyclic) bond motifs is 1. The molecule has 0 aliphatic rings. The number of aryl methyl sites for hydroxylation is 1. The zero-order chi connectivity index (χ0) is 26.1. The second kappa shape index (κ2) is 9.87. The Balaban J connectivity index is 1.60. The van der Waals surface area contributed by atoms with Crippen molar-refractivity contribution in [3.8, 4) is 28.3 Å². The predicted molar refractivity (Wildman–Crippen MR) is 134 cm³/mol. The number of ketones is 1. The normalized spacial score (nSPS) is 11.2. The van der Waals surface area contributed by atoms with Crippen molar-refractivity contribution in [3.63, 3.8) is 0 Å². The number of ether oxygens (including phenoxy) is 1. The maximum Gasteiger partial charge on any atom is 0.185 e. The molecule has 0 spiro atoms. The van der Waals surface area contributed by atoms with Crippen LogP contribution in [-0.2, 0) is 20.1 Å². The van der Waals surface area contributed by atoms with E-state index in [-0.39, 0.29) is 35.9 Å². The number of Topliss-reactive ketones (excluding diaryl/α,β-unsaturated/α-hetero) is 1. The molecular weight excluding hydrogens is 478 g/mol. The van der Waals surface area contributed by atoms with Gasteiger partial charge in [-0.2, -0.15) is 5.10 Å². The number of rotatable bonds is 7. The predicted octanol–water partition coefficient (Wildman–Crippen LogP) is 4.90. The monoisotopic (exact) mass is 500 g/mol. The number of methoxy groups -OCH3 is 1. The van der Waals surface area contributed by atoms with Crippen LogP contribution in [0.5, 0.6) is 5.75 Å². The van der Waals surface area contributed by atoms with Gasteiger partial charge in [-0.25, -0.2) is 18.7 Å². The van der Waals surface area contributed by atoms with Crippen LogP contribution in [0.1, 0.15) is 21.6 Å². The zero-order valence-corrected chi connectivity index (χ0v) is 20.1. The highest BCUT2D eigenvalue weighted by Crippen LogP contribution is 2.35. The van der Waals surface area contributed by atoms with Crippen LogP contribution in [0.4, 0.5) is 8.78 Å². The topological polar surface area (TPSA) is 90.1 Å². The van der Waals surface area contributed by atoms with Crippen LogP contribution >= 0.6 is 0 Å². The van der Waals surface area contributed by atoms with Gasteiger partial charge in [0.15, 0.2) is 11.6 Å². The molecule has 37 heavy (non-hydrogen) atoms. The standard InChI is InChI=1S/C28H22F2N4O3/c1-34-27-19(14-32-34)25(17-6-3-5-16(11-17)15-35)18(12-21(27)30)13-23(36)22-9-10-31-28(33-22)26-20(29)7-4-8-24(26)37-2/h3-12,14,35H,13,15H2,1-2H3. The summed E-state index contributed by atoms with van der Waals surface area (Å²) in [5.74, 6) is -1.26. The lowest BCUT2D eigenvalue weighted by Crippen LogP contribution is -2.09. The Bertz CT molecular complexity index is 1650. The average Bonchev–Trinajstić information content (AvgIpc) is 3.30. The van der Waals surface area contributed by atoms with Gasteiger partial charge >= 0.3 is 0 Å². The van der Waals surface area contributed by atoms with E-state index in [9.17, 15) is 14.3 Å². The first-order valence-corrected chi connectivity index (χ1v) is 11.4. The minimum atomic E-state index is -0.584. The number of aromatic nitrogens is 4. The first-order valence-electron chi connectivity index (χ1n) is 11.4. The molecule has 0 radical (unpaired) electrons. The molecule has 1 N–H and O–H groups in total. The Labute approximate surface area is 211 Å². The van der Waals surface area contributed by atoms with Gasteiger partial charge < -0.3 is 9.84 Å². The van der Waals surface area contributed by atoms with Gasteiger partial charge in [-0.1, -0.05) is 24.3 Å². The molecule has 0 atom stereocenters. The van der Waals surface area contributed by atoms with Gasteiger partial charge in [0.2, 0.25) is 0 Å². The van der Waals surface area contributed by atoms with Crippen molar-refractivity contribution < 1.29 is 23.4 Å². The Morgan fingerprint density at radius 1 is 1.05 bits per heavy atom. The van der Waals surface area contributed by atoms with Crippen LogP contribution in [0.15, 0.2) is 67.0 Å². The quantitative estimate of drug-likeness (QED) is 0.320. The number of benzene rings is 3. The van der Waals surface area contributed by atoms with Crippen LogP contribution in [0.2, 0.25) is 0 Å². The van der Waals surface area contributed by atoms with Crippen molar-refractivity contribution in [2.45, 2.75) is 13.0 Å². The fourth-order valence-electron chi connectivity index (χ4n) is 4.47. The summed E-state index contributed by atoms with van der Waals surface area (Å²) in [5.41, 5.74) is 2.86. The molecule has 5 aromatic rings. The number of carbonyl (C=O) groups is 1. The molecule has 9 heteroatoms. The van der Waals surface area contributed by atoms with Gasteiger partial charge in [0.05, 0.1) is 25.5 Å². The van der Waals surface area contributed by atoms with Crippen molar-refractivity contribution >= 4 is 16.7 Å². The Morgan fingerprint density at radius 2 is 1.86 bits per heavy atom. The Morgan fingerprint density at radius 3 is 2.65 bits per heavy atom. The molecule has 0 amide bonds. The van der Waals surface area contributed by atoms with Gasteiger partial charge in [0.1, 0.15) is 28.6 Å². The fourth-order valence-corrected chi connectivity index (χ4v) is 4.47. The first kappa shape index (κ1) is 24.2. The molecule has 0 fully saturated rings. The highest BCUT2D eigenvalue weighted by molar-refractivity contribution is 6.02. The van der Waals surface area contributed by atoms with E-state index >= 15 is 4.39 Å². The molecular formula is C28H22F2N4O3. The van der Waals surface area contributed by atoms with Gasteiger partial charge in [0.25, 0.3) is 0 Å².